The quantitative estimate of drug-likeness (QED) is 0.0872. The molecule has 0 aliphatic rings. The molecule has 0 aliphatic heterocycles. The second kappa shape index (κ2) is 24.8. The molecule has 0 saturated heterocycles. The van der Waals surface area contributed by atoms with Crippen LogP contribution in [-0.4, -0.2) is 144 Å². The highest BCUT2D eigenvalue weighted by atomic mass is 16.4. The summed E-state index contributed by atoms with van der Waals surface area (Å²) in [5.74, 6) is -5.19. The summed E-state index contributed by atoms with van der Waals surface area (Å²) >= 11 is 0. The summed E-state index contributed by atoms with van der Waals surface area (Å²) in [6.45, 7) is 15.4. The first-order valence-corrected chi connectivity index (χ1v) is 20.3. The van der Waals surface area contributed by atoms with Crippen molar-refractivity contribution in [2.75, 3.05) is 34.7 Å². The van der Waals surface area contributed by atoms with Crippen molar-refractivity contribution in [3.05, 3.63) is 35.9 Å². The number of carbonyl (C=O) groups excluding carboxylic acids is 7. The number of rotatable bonds is 24. The highest BCUT2D eigenvalue weighted by Gasteiger charge is 2.36. The molecule has 0 fully saturated rings. The summed E-state index contributed by atoms with van der Waals surface area (Å²) in [4.78, 5) is 110. The predicted molar refractivity (Wildman–Crippen MR) is 224 cm³/mol. The summed E-state index contributed by atoms with van der Waals surface area (Å²) in [7, 11) is 5.89. The zero-order chi connectivity index (χ0) is 45.3. The number of amides is 7. The largest absolute Gasteiger partial charge is 0.480 e. The van der Waals surface area contributed by atoms with Gasteiger partial charge in [0.15, 0.2) is 0 Å². The van der Waals surface area contributed by atoms with Gasteiger partial charge in [-0.25, -0.2) is 4.79 Å². The van der Waals surface area contributed by atoms with Gasteiger partial charge in [-0.15, -0.1) is 0 Å². The standard InChI is InChI=1S/C42H70N8O9/c1-24(2)19-31(45-36(52)27(7)43-10)40(56)48(11)23-35(51)44-28(8)39(55)50(13)34(22-30-17-15-14-16-18-30)38(54)46-32(20-25(3)4)41(57)49(12)29(9)37(53)47-33(42(58)59)21-26(5)6/h14-18,24-29,31-34,43H,19-23H2,1-13H3,(H,44,51)(H,45,52)(H,46,54)(H,47,53)(H,58,59)/t27-,28-,29-,31-,32-,33-,34-/m0/s1. The Morgan fingerprint density at radius 2 is 1.05 bits per heavy atom. The minimum absolute atomic E-state index is 0.0103. The molecular weight excluding hydrogens is 761 g/mol. The van der Waals surface area contributed by atoms with Crippen LogP contribution in [0.4, 0.5) is 0 Å². The number of nitrogens with one attached hydrogen (secondary N) is 5. The van der Waals surface area contributed by atoms with Gasteiger partial charge < -0.3 is 46.4 Å². The summed E-state index contributed by atoms with van der Waals surface area (Å²) in [5.41, 5.74) is 0.722. The van der Waals surface area contributed by atoms with Crippen molar-refractivity contribution >= 4 is 47.3 Å². The van der Waals surface area contributed by atoms with Gasteiger partial charge in [0.1, 0.15) is 36.3 Å². The lowest BCUT2D eigenvalue weighted by molar-refractivity contribution is -0.146. The van der Waals surface area contributed by atoms with Crippen molar-refractivity contribution < 1.29 is 43.5 Å². The second-order valence-corrected chi connectivity index (χ2v) is 16.7. The molecule has 0 bridgehead atoms. The van der Waals surface area contributed by atoms with Gasteiger partial charge in [0, 0.05) is 27.6 Å². The van der Waals surface area contributed by atoms with Crippen LogP contribution in [0.3, 0.4) is 0 Å². The summed E-state index contributed by atoms with van der Waals surface area (Å²) in [6, 6.07) is 1.95. The molecule has 0 saturated carbocycles. The molecule has 7 amide bonds. The van der Waals surface area contributed by atoms with E-state index in [9.17, 15) is 43.5 Å². The van der Waals surface area contributed by atoms with Gasteiger partial charge in [0.2, 0.25) is 41.4 Å². The molecule has 0 unspecified atom stereocenters. The van der Waals surface area contributed by atoms with Crippen LogP contribution in [0, 0.1) is 17.8 Å². The Hall–Kier alpha value is -5.06. The maximum absolute atomic E-state index is 14.2. The van der Waals surface area contributed by atoms with Crippen LogP contribution in [0.5, 0.6) is 0 Å². The number of benzene rings is 1. The number of carboxylic acid groups (broad SMARTS) is 1. The zero-order valence-corrected chi connectivity index (χ0v) is 37.3. The number of hydrogen-bond acceptors (Lipinski definition) is 9. The number of carbonyl (C=O) groups is 8. The minimum Gasteiger partial charge on any atom is -0.480 e. The van der Waals surface area contributed by atoms with Crippen molar-refractivity contribution in [2.24, 2.45) is 17.8 Å². The Balaban J connectivity index is 3.26. The normalized spacial score (nSPS) is 14.8. The topological polar surface area (TPSA) is 227 Å². The molecule has 0 heterocycles. The summed E-state index contributed by atoms with van der Waals surface area (Å²) in [5, 5.41) is 23.1. The van der Waals surface area contributed by atoms with E-state index in [0.29, 0.717) is 6.42 Å². The van der Waals surface area contributed by atoms with Crippen LogP contribution in [-0.2, 0) is 44.8 Å². The molecule has 1 aromatic rings. The van der Waals surface area contributed by atoms with E-state index in [1.807, 2.05) is 41.5 Å². The van der Waals surface area contributed by atoms with Gasteiger partial charge in [-0.05, 0) is 70.4 Å². The third-order valence-corrected chi connectivity index (χ3v) is 9.99. The lowest BCUT2D eigenvalue weighted by Crippen LogP contribution is -2.59. The minimum atomic E-state index is -1.19. The SMILES string of the molecule is CN[C@@H](C)C(=O)N[C@@H](CC(C)C)C(=O)N(C)CC(=O)N[C@@H](C)C(=O)N(C)[C@@H](Cc1ccccc1)C(=O)N[C@@H](CC(C)C)C(=O)N(C)[C@@H](C)C(=O)N[C@@H](CC(C)C)C(=O)O. The van der Waals surface area contributed by atoms with E-state index in [0.717, 1.165) is 5.56 Å². The van der Waals surface area contributed by atoms with Crippen molar-refractivity contribution in [2.45, 2.75) is 130 Å². The Morgan fingerprint density at radius 3 is 1.54 bits per heavy atom. The van der Waals surface area contributed by atoms with E-state index in [1.54, 1.807) is 44.3 Å². The van der Waals surface area contributed by atoms with Crippen LogP contribution in [0.25, 0.3) is 0 Å². The van der Waals surface area contributed by atoms with Crippen LogP contribution in [0.1, 0.15) is 87.1 Å². The number of likely N-dealkylation sites (N-methyl/N-ethyl adjacent to an activating group) is 4. The third-order valence-electron chi connectivity index (χ3n) is 9.99. The number of hydrogen-bond donors (Lipinski definition) is 6. The maximum Gasteiger partial charge on any atom is 0.326 e. The van der Waals surface area contributed by atoms with Crippen LogP contribution < -0.4 is 26.6 Å². The van der Waals surface area contributed by atoms with Crippen molar-refractivity contribution in [3.63, 3.8) is 0 Å². The fraction of sp³-hybridized carbons (Fsp3) is 0.667. The molecule has 0 spiro atoms. The average molecular weight is 831 g/mol. The van der Waals surface area contributed by atoms with Crippen LogP contribution in [0.2, 0.25) is 0 Å². The van der Waals surface area contributed by atoms with E-state index in [-0.39, 0.29) is 42.9 Å². The van der Waals surface area contributed by atoms with Gasteiger partial charge in [-0.3, -0.25) is 33.6 Å². The second-order valence-electron chi connectivity index (χ2n) is 16.7. The molecule has 0 aromatic heterocycles. The molecule has 0 aliphatic carbocycles. The van der Waals surface area contributed by atoms with Gasteiger partial charge in [0.25, 0.3) is 0 Å². The van der Waals surface area contributed by atoms with Gasteiger partial charge in [-0.1, -0.05) is 71.9 Å². The van der Waals surface area contributed by atoms with Gasteiger partial charge in [0.05, 0.1) is 12.6 Å². The molecule has 0 radical (unpaired) electrons. The maximum atomic E-state index is 14.2. The van der Waals surface area contributed by atoms with Crippen molar-refractivity contribution in [3.8, 4) is 0 Å². The molecule has 7 atom stereocenters. The van der Waals surface area contributed by atoms with Crippen molar-refractivity contribution in [1.82, 2.24) is 41.3 Å². The molecule has 17 heteroatoms. The Labute approximate surface area is 350 Å². The lowest BCUT2D eigenvalue weighted by atomic mass is 9.99. The van der Waals surface area contributed by atoms with E-state index in [1.165, 1.54) is 49.7 Å². The summed E-state index contributed by atoms with van der Waals surface area (Å²) in [6.07, 6.45) is 0.796. The van der Waals surface area contributed by atoms with E-state index in [4.69, 9.17) is 0 Å². The monoisotopic (exact) mass is 831 g/mol. The van der Waals surface area contributed by atoms with E-state index >= 15 is 0 Å². The average Bonchev–Trinajstić information content (AvgIpc) is 3.16. The zero-order valence-electron chi connectivity index (χ0n) is 37.3. The summed E-state index contributed by atoms with van der Waals surface area (Å²) < 4.78 is 0. The Bertz CT molecular complexity index is 1590. The van der Waals surface area contributed by atoms with E-state index in [2.05, 4.69) is 26.6 Å². The molecular formula is C42H70N8O9. The first-order chi connectivity index (χ1) is 27.4. The molecule has 59 heavy (non-hydrogen) atoms. The first kappa shape index (κ1) is 52.0. The molecule has 6 N–H and O–H groups in total. The molecule has 1 rings (SSSR count). The highest BCUT2D eigenvalue weighted by molar-refractivity contribution is 5.96. The highest BCUT2D eigenvalue weighted by Crippen LogP contribution is 2.15. The van der Waals surface area contributed by atoms with Crippen LogP contribution >= 0.6 is 0 Å². The Morgan fingerprint density at radius 1 is 0.576 bits per heavy atom. The number of nitrogens with zero attached hydrogens (tertiary/aromatic N) is 3. The Kier molecular flexibility index (Phi) is 21.8. The molecule has 1 aromatic carbocycles. The van der Waals surface area contributed by atoms with Crippen molar-refractivity contribution in [1.29, 1.82) is 0 Å². The van der Waals surface area contributed by atoms with E-state index < -0.39 is 90.3 Å². The fourth-order valence-corrected chi connectivity index (χ4v) is 6.29. The van der Waals surface area contributed by atoms with Crippen LogP contribution in [0.15, 0.2) is 30.3 Å². The number of aliphatic carboxylic acids is 1. The third kappa shape index (κ3) is 17.4. The fourth-order valence-electron chi connectivity index (χ4n) is 6.29. The van der Waals surface area contributed by atoms with Gasteiger partial charge >= 0.3 is 5.97 Å². The molecule has 17 nitrogen and oxygen atoms in total. The predicted octanol–water partition coefficient (Wildman–Crippen LogP) is 1.15. The first-order valence-electron chi connectivity index (χ1n) is 20.3. The van der Waals surface area contributed by atoms with Gasteiger partial charge in [-0.2, -0.15) is 0 Å². The molecule has 332 valence electrons. The number of carboxylic acids is 1. The lowest BCUT2D eigenvalue weighted by Gasteiger charge is -2.33. The smallest absolute Gasteiger partial charge is 0.326 e.